The molecule has 0 spiro atoms. The van der Waals surface area contributed by atoms with Crippen LogP contribution in [0.5, 0.6) is 0 Å². The minimum absolute atomic E-state index is 0.264. The second kappa shape index (κ2) is 9.61. The SMILES string of the molecule is O=C(CCCc1nc2ccccc2s1)N1CCCC(Cc2nncn2-c2ccccc2)C1. The first-order valence-corrected chi connectivity index (χ1v) is 12.1. The van der Waals surface area contributed by atoms with Gasteiger partial charge in [-0.3, -0.25) is 9.36 Å². The number of carbonyl (C=O) groups excluding carboxylic acids is 1. The zero-order valence-corrected chi connectivity index (χ0v) is 18.9. The molecule has 1 saturated heterocycles. The van der Waals surface area contributed by atoms with Gasteiger partial charge in [-0.2, -0.15) is 0 Å². The van der Waals surface area contributed by atoms with Crippen LogP contribution in [-0.4, -0.2) is 43.6 Å². The molecular weight excluding hydrogens is 418 g/mol. The summed E-state index contributed by atoms with van der Waals surface area (Å²) in [4.78, 5) is 19.6. The number of piperidine rings is 1. The Hall–Kier alpha value is -3.06. The van der Waals surface area contributed by atoms with Crippen LogP contribution < -0.4 is 0 Å². The maximum Gasteiger partial charge on any atom is 0.222 e. The highest BCUT2D eigenvalue weighted by Gasteiger charge is 2.25. The Balaban J connectivity index is 1.15. The summed E-state index contributed by atoms with van der Waals surface area (Å²) in [6, 6.07) is 18.4. The lowest BCUT2D eigenvalue weighted by atomic mass is 9.94. The molecule has 4 aromatic rings. The van der Waals surface area contributed by atoms with Crippen molar-refractivity contribution in [2.45, 2.75) is 38.5 Å². The number of hydrogen-bond donors (Lipinski definition) is 0. The van der Waals surface area contributed by atoms with Gasteiger partial charge in [0.15, 0.2) is 0 Å². The Kier molecular flexibility index (Phi) is 6.25. The summed E-state index contributed by atoms with van der Waals surface area (Å²) in [5.74, 6) is 1.65. The topological polar surface area (TPSA) is 63.9 Å². The molecule has 1 atom stereocenters. The van der Waals surface area contributed by atoms with E-state index in [1.165, 1.54) is 4.70 Å². The van der Waals surface area contributed by atoms with Crippen molar-refractivity contribution in [1.82, 2.24) is 24.6 Å². The number of aromatic nitrogens is 4. The van der Waals surface area contributed by atoms with Crippen LogP contribution >= 0.6 is 11.3 Å². The number of aryl methyl sites for hydroxylation is 1. The van der Waals surface area contributed by atoms with Gasteiger partial charge in [-0.05, 0) is 55.9 Å². The van der Waals surface area contributed by atoms with Gasteiger partial charge in [0.2, 0.25) is 5.91 Å². The molecule has 0 saturated carbocycles. The van der Waals surface area contributed by atoms with Crippen molar-refractivity contribution in [2.24, 2.45) is 5.92 Å². The van der Waals surface area contributed by atoms with Crippen molar-refractivity contribution in [1.29, 1.82) is 0 Å². The lowest BCUT2D eigenvalue weighted by Gasteiger charge is -2.32. The Morgan fingerprint density at radius 3 is 2.81 bits per heavy atom. The van der Waals surface area contributed by atoms with Crippen molar-refractivity contribution in [3.8, 4) is 5.69 Å². The monoisotopic (exact) mass is 445 g/mol. The third-order valence-electron chi connectivity index (χ3n) is 6.12. The molecule has 0 bridgehead atoms. The Bertz CT molecular complexity index is 1150. The molecule has 1 fully saturated rings. The van der Waals surface area contributed by atoms with Crippen LogP contribution in [0.25, 0.3) is 15.9 Å². The lowest BCUT2D eigenvalue weighted by molar-refractivity contribution is -0.133. The smallest absolute Gasteiger partial charge is 0.222 e. The standard InChI is InChI=1S/C25H27N5OS/c31-25(14-6-13-24-27-21-11-4-5-12-22(21)32-24)29-15-7-8-19(17-29)16-23-28-26-18-30(23)20-9-2-1-3-10-20/h1-5,9-12,18-19H,6-8,13-17H2. The molecule has 1 aliphatic heterocycles. The summed E-state index contributed by atoms with van der Waals surface area (Å²) in [7, 11) is 0. The van der Waals surface area contributed by atoms with E-state index in [2.05, 4.69) is 42.8 Å². The first-order valence-electron chi connectivity index (χ1n) is 11.3. The largest absolute Gasteiger partial charge is 0.342 e. The average Bonchev–Trinajstić information content (AvgIpc) is 3.46. The first-order chi connectivity index (χ1) is 15.8. The number of nitrogens with zero attached hydrogens (tertiary/aromatic N) is 5. The van der Waals surface area contributed by atoms with Crippen molar-refractivity contribution < 1.29 is 4.79 Å². The van der Waals surface area contributed by atoms with Gasteiger partial charge in [-0.25, -0.2) is 4.98 Å². The van der Waals surface area contributed by atoms with E-state index in [9.17, 15) is 4.79 Å². The van der Waals surface area contributed by atoms with E-state index in [1.54, 1.807) is 17.7 Å². The van der Waals surface area contributed by atoms with E-state index in [-0.39, 0.29) is 5.91 Å². The fourth-order valence-corrected chi connectivity index (χ4v) is 5.50. The zero-order chi connectivity index (χ0) is 21.8. The molecule has 1 aliphatic rings. The molecule has 2 aromatic carbocycles. The van der Waals surface area contributed by atoms with E-state index >= 15 is 0 Å². The number of amides is 1. The third-order valence-corrected chi connectivity index (χ3v) is 7.21. The molecule has 3 heterocycles. The zero-order valence-electron chi connectivity index (χ0n) is 18.1. The van der Waals surface area contributed by atoms with Gasteiger partial charge >= 0.3 is 0 Å². The summed E-state index contributed by atoms with van der Waals surface area (Å²) < 4.78 is 3.27. The lowest BCUT2D eigenvalue weighted by Crippen LogP contribution is -2.40. The summed E-state index contributed by atoms with van der Waals surface area (Å²) in [6.45, 7) is 1.67. The van der Waals surface area contributed by atoms with E-state index < -0.39 is 0 Å². The normalized spacial score (nSPS) is 16.5. The molecular formula is C25H27N5OS. The second-order valence-corrected chi connectivity index (χ2v) is 9.55. The van der Waals surface area contributed by atoms with Crippen molar-refractivity contribution in [3.05, 3.63) is 71.8 Å². The molecule has 5 rings (SSSR count). The number of benzene rings is 2. The number of rotatable bonds is 7. The number of thiazole rings is 1. The molecule has 0 radical (unpaired) electrons. The van der Waals surface area contributed by atoms with Gasteiger partial charge in [0, 0.05) is 31.6 Å². The summed E-state index contributed by atoms with van der Waals surface area (Å²) in [5.41, 5.74) is 2.13. The van der Waals surface area contributed by atoms with Crippen molar-refractivity contribution in [2.75, 3.05) is 13.1 Å². The van der Waals surface area contributed by atoms with Crippen LogP contribution in [0.2, 0.25) is 0 Å². The van der Waals surface area contributed by atoms with Crippen LogP contribution in [0.4, 0.5) is 0 Å². The van der Waals surface area contributed by atoms with Gasteiger partial charge in [-0.1, -0.05) is 30.3 Å². The minimum Gasteiger partial charge on any atom is -0.342 e. The predicted molar refractivity (Wildman–Crippen MR) is 127 cm³/mol. The number of likely N-dealkylation sites (tertiary alicyclic amines) is 1. The highest BCUT2D eigenvalue weighted by molar-refractivity contribution is 7.18. The highest BCUT2D eigenvalue weighted by Crippen LogP contribution is 2.24. The molecule has 164 valence electrons. The van der Waals surface area contributed by atoms with Gasteiger partial charge in [0.25, 0.3) is 0 Å². The first kappa shape index (κ1) is 20.8. The van der Waals surface area contributed by atoms with E-state index in [4.69, 9.17) is 0 Å². The summed E-state index contributed by atoms with van der Waals surface area (Å²) >= 11 is 1.74. The van der Waals surface area contributed by atoms with Crippen LogP contribution in [0, 0.1) is 5.92 Å². The van der Waals surface area contributed by atoms with Crippen LogP contribution in [0.15, 0.2) is 60.9 Å². The maximum atomic E-state index is 12.9. The number of para-hydroxylation sites is 2. The molecule has 2 aromatic heterocycles. The fourth-order valence-electron chi connectivity index (χ4n) is 4.49. The number of carbonyl (C=O) groups is 1. The number of fused-ring (bicyclic) bond motifs is 1. The molecule has 0 N–H and O–H groups in total. The van der Waals surface area contributed by atoms with Gasteiger partial charge in [0.05, 0.1) is 15.2 Å². The molecule has 1 amide bonds. The predicted octanol–water partition coefficient (Wildman–Crippen LogP) is 4.68. The Labute approximate surface area is 191 Å². The van der Waals surface area contributed by atoms with Gasteiger partial charge in [-0.15, -0.1) is 21.5 Å². The Morgan fingerprint density at radius 2 is 1.94 bits per heavy atom. The Morgan fingerprint density at radius 1 is 1.09 bits per heavy atom. The summed E-state index contributed by atoms with van der Waals surface area (Å²) in [5, 5.41) is 9.61. The summed E-state index contributed by atoms with van der Waals surface area (Å²) in [6.07, 6.45) is 7.08. The van der Waals surface area contributed by atoms with Crippen LogP contribution in [0.3, 0.4) is 0 Å². The molecule has 0 aliphatic carbocycles. The van der Waals surface area contributed by atoms with Crippen molar-refractivity contribution in [3.63, 3.8) is 0 Å². The van der Waals surface area contributed by atoms with Gasteiger partial charge < -0.3 is 4.90 Å². The van der Waals surface area contributed by atoms with Gasteiger partial charge in [0.1, 0.15) is 12.2 Å². The fraction of sp³-hybridized carbons (Fsp3) is 0.360. The van der Waals surface area contributed by atoms with Crippen LogP contribution in [-0.2, 0) is 17.6 Å². The molecule has 32 heavy (non-hydrogen) atoms. The maximum absolute atomic E-state index is 12.9. The minimum atomic E-state index is 0.264. The average molecular weight is 446 g/mol. The highest BCUT2D eigenvalue weighted by atomic mass is 32.1. The third kappa shape index (κ3) is 4.72. The van der Waals surface area contributed by atoms with Crippen LogP contribution in [0.1, 0.15) is 36.5 Å². The van der Waals surface area contributed by atoms with Crippen molar-refractivity contribution >= 4 is 27.5 Å². The quantitative estimate of drug-likeness (QED) is 0.414. The van der Waals surface area contributed by atoms with E-state index in [1.807, 2.05) is 36.4 Å². The molecule has 1 unspecified atom stereocenters. The number of hydrogen-bond acceptors (Lipinski definition) is 5. The van der Waals surface area contributed by atoms with E-state index in [0.717, 1.165) is 67.2 Å². The molecule has 7 heteroatoms. The molecule has 6 nitrogen and oxygen atoms in total. The second-order valence-electron chi connectivity index (χ2n) is 8.43. The van der Waals surface area contributed by atoms with E-state index in [0.29, 0.717) is 12.3 Å².